The fraction of sp³-hybridized carbons (Fsp3) is 0.0952. The molecule has 0 atom stereocenters. The Morgan fingerprint density at radius 3 is 2.66 bits per heavy atom. The monoisotopic (exact) mass is 425 g/mol. The third kappa shape index (κ3) is 4.18. The normalized spacial score (nSPS) is 10.9. The highest BCUT2D eigenvalue weighted by atomic mass is 35.5. The molecule has 0 bridgehead atoms. The Hall–Kier alpha value is -3.09. The molecule has 0 saturated heterocycles. The molecule has 0 unspecified atom stereocenters. The largest absolute Gasteiger partial charge is 0.324 e. The number of hydrogen-bond donors (Lipinski definition) is 3. The summed E-state index contributed by atoms with van der Waals surface area (Å²) in [5.41, 5.74) is 3.56. The number of rotatable bonds is 5. The molecule has 6 nitrogen and oxygen atoms in total. The Labute approximate surface area is 177 Å². The molecule has 0 aliphatic rings. The van der Waals surface area contributed by atoms with E-state index in [2.05, 4.69) is 25.6 Å². The molecular weight excluding hydrogens is 409 g/mol. The number of halogens is 2. The lowest BCUT2D eigenvalue weighted by molar-refractivity contribution is 0.102. The number of amides is 1. The van der Waals surface area contributed by atoms with Crippen LogP contribution < -0.4 is 10.6 Å². The topological polar surface area (TPSA) is 82.7 Å². The number of aryl methyl sites for hydroxylation is 1. The number of nitrogens with zero attached hydrogens (tertiary/aromatic N) is 2. The van der Waals surface area contributed by atoms with E-state index >= 15 is 0 Å². The molecule has 4 aromatic rings. The number of carbonyl (C=O) groups excluding carboxylic acids is 1. The van der Waals surface area contributed by atoms with Gasteiger partial charge < -0.3 is 15.6 Å². The van der Waals surface area contributed by atoms with Crippen LogP contribution in [0, 0.1) is 0 Å². The van der Waals surface area contributed by atoms with Crippen molar-refractivity contribution in [3.63, 3.8) is 0 Å². The molecule has 4 rings (SSSR count). The van der Waals surface area contributed by atoms with Crippen molar-refractivity contribution in [3.05, 3.63) is 75.9 Å². The van der Waals surface area contributed by atoms with Crippen LogP contribution in [0.1, 0.15) is 22.8 Å². The van der Waals surface area contributed by atoms with Gasteiger partial charge in [0.2, 0.25) is 5.95 Å². The molecule has 0 saturated carbocycles. The zero-order chi connectivity index (χ0) is 20.4. The molecule has 2 heterocycles. The number of aromatic nitrogens is 3. The Morgan fingerprint density at radius 2 is 1.90 bits per heavy atom. The highest BCUT2D eigenvalue weighted by Crippen LogP contribution is 2.32. The van der Waals surface area contributed by atoms with Crippen LogP contribution in [0.25, 0.3) is 11.0 Å². The SMILES string of the molecule is CCc1ccnc(NC(=O)c2ccc3[nH]c(Nc4c(Cl)cccc4Cl)nc3c2)c1. The molecule has 8 heteroatoms. The third-order valence-electron chi connectivity index (χ3n) is 4.43. The molecular formula is C21H17Cl2N5O. The van der Waals surface area contributed by atoms with Crippen molar-refractivity contribution in [2.24, 2.45) is 0 Å². The van der Waals surface area contributed by atoms with Crippen LogP contribution in [-0.4, -0.2) is 20.9 Å². The molecule has 29 heavy (non-hydrogen) atoms. The first-order valence-electron chi connectivity index (χ1n) is 9.00. The lowest BCUT2D eigenvalue weighted by atomic mass is 10.2. The van der Waals surface area contributed by atoms with Gasteiger partial charge in [0, 0.05) is 11.8 Å². The Kier molecular flexibility index (Phi) is 5.38. The van der Waals surface area contributed by atoms with E-state index in [1.54, 1.807) is 42.6 Å². The van der Waals surface area contributed by atoms with Gasteiger partial charge in [0.15, 0.2) is 0 Å². The zero-order valence-electron chi connectivity index (χ0n) is 15.5. The van der Waals surface area contributed by atoms with E-state index in [9.17, 15) is 4.79 Å². The van der Waals surface area contributed by atoms with E-state index in [0.717, 1.165) is 17.5 Å². The predicted molar refractivity (Wildman–Crippen MR) is 117 cm³/mol. The van der Waals surface area contributed by atoms with Crippen LogP contribution in [-0.2, 0) is 6.42 Å². The second-order valence-corrected chi connectivity index (χ2v) is 7.21. The molecule has 2 aromatic carbocycles. The minimum atomic E-state index is -0.251. The second-order valence-electron chi connectivity index (χ2n) is 6.40. The van der Waals surface area contributed by atoms with Gasteiger partial charge in [-0.25, -0.2) is 9.97 Å². The van der Waals surface area contributed by atoms with Crippen molar-refractivity contribution in [2.45, 2.75) is 13.3 Å². The maximum absolute atomic E-state index is 12.6. The summed E-state index contributed by atoms with van der Waals surface area (Å²) in [4.78, 5) is 24.4. The third-order valence-corrected chi connectivity index (χ3v) is 5.06. The van der Waals surface area contributed by atoms with Crippen LogP contribution in [0.3, 0.4) is 0 Å². The number of fused-ring (bicyclic) bond motifs is 1. The van der Waals surface area contributed by atoms with Gasteiger partial charge in [-0.15, -0.1) is 0 Å². The number of anilines is 3. The standard InChI is InChI=1S/C21H17Cl2N5O/c1-2-12-8-9-24-18(10-12)27-20(29)13-6-7-16-17(11-13)26-21(25-16)28-19-14(22)4-3-5-15(19)23/h3-11H,2H2,1H3,(H,24,27,29)(H2,25,26,28). The predicted octanol–water partition coefficient (Wildman–Crippen LogP) is 5.82. The summed E-state index contributed by atoms with van der Waals surface area (Å²) in [5.74, 6) is 0.747. The number of H-pyrrole nitrogens is 1. The number of aromatic amines is 1. The highest BCUT2D eigenvalue weighted by Gasteiger charge is 2.12. The van der Waals surface area contributed by atoms with Crippen LogP contribution in [0.4, 0.5) is 17.5 Å². The summed E-state index contributed by atoms with van der Waals surface area (Å²) in [6.07, 6.45) is 2.55. The molecule has 0 fully saturated rings. The lowest BCUT2D eigenvalue weighted by Crippen LogP contribution is -2.13. The van der Waals surface area contributed by atoms with E-state index in [1.165, 1.54) is 0 Å². The van der Waals surface area contributed by atoms with Crippen molar-refractivity contribution < 1.29 is 4.79 Å². The maximum Gasteiger partial charge on any atom is 0.256 e. The van der Waals surface area contributed by atoms with Crippen molar-refractivity contribution in [2.75, 3.05) is 10.6 Å². The fourth-order valence-corrected chi connectivity index (χ4v) is 3.38. The molecule has 0 radical (unpaired) electrons. The Morgan fingerprint density at radius 1 is 1.10 bits per heavy atom. The average Bonchev–Trinajstić information content (AvgIpc) is 3.12. The van der Waals surface area contributed by atoms with E-state index in [4.69, 9.17) is 23.2 Å². The molecule has 3 N–H and O–H groups in total. The van der Waals surface area contributed by atoms with E-state index in [0.29, 0.717) is 38.6 Å². The summed E-state index contributed by atoms with van der Waals surface area (Å²) < 4.78 is 0. The Bertz CT molecular complexity index is 1180. The van der Waals surface area contributed by atoms with Gasteiger partial charge in [0.25, 0.3) is 5.91 Å². The molecule has 1 amide bonds. The average molecular weight is 426 g/mol. The van der Waals surface area contributed by atoms with Gasteiger partial charge in [0.05, 0.1) is 26.8 Å². The quantitative estimate of drug-likeness (QED) is 0.375. The summed E-state index contributed by atoms with van der Waals surface area (Å²) in [7, 11) is 0. The molecule has 2 aromatic heterocycles. The highest BCUT2D eigenvalue weighted by molar-refractivity contribution is 6.39. The molecule has 0 spiro atoms. The smallest absolute Gasteiger partial charge is 0.256 e. The van der Waals surface area contributed by atoms with E-state index < -0.39 is 0 Å². The summed E-state index contributed by atoms with van der Waals surface area (Å²) in [6.45, 7) is 2.05. The minimum Gasteiger partial charge on any atom is -0.324 e. The second kappa shape index (κ2) is 8.11. The number of pyridine rings is 1. The molecule has 146 valence electrons. The number of nitrogens with one attached hydrogen (secondary N) is 3. The Balaban J connectivity index is 1.57. The van der Waals surface area contributed by atoms with E-state index in [-0.39, 0.29) is 5.91 Å². The zero-order valence-corrected chi connectivity index (χ0v) is 17.0. The molecule has 0 aliphatic heterocycles. The van der Waals surface area contributed by atoms with Crippen LogP contribution in [0.5, 0.6) is 0 Å². The lowest BCUT2D eigenvalue weighted by Gasteiger charge is -2.06. The summed E-state index contributed by atoms with van der Waals surface area (Å²) in [6, 6.07) is 14.3. The van der Waals surface area contributed by atoms with Gasteiger partial charge in [0.1, 0.15) is 5.82 Å². The molecule has 0 aliphatic carbocycles. The first-order valence-corrected chi connectivity index (χ1v) is 9.76. The van der Waals surface area contributed by atoms with Gasteiger partial charge in [-0.1, -0.05) is 36.2 Å². The van der Waals surface area contributed by atoms with Gasteiger partial charge in [-0.05, 0) is 54.4 Å². The number of benzene rings is 2. The summed E-state index contributed by atoms with van der Waals surface area (Å²) in [5, 5.41) is 6.88. The van der Waals surface area contributed by atoms with Gasteiger partial charge in [-0.2, -0.15) is 0 Å². The van der Waals surface area contributed by atoms with Crippen LogP contribution >= 0.6 is 23.2 Å². The number of imidazole rings is 1. The van der Waals surface area contributed by atoms with Gasteiger partial charge >= 0.3 is 0 Å². The van der Waals surface area contributed by atoms with Crippen molar-refractivity contribution >= 4 is 57.6 Å². The van der Waals surface area contributed by atoms with Crippen LogP contribution in [0.15, 0.2) is 54.7 Å². The van der Waals surface area contributed by atoms with Crippen molar-refractivity contribution in [1.82, 2.24) is 15.0 Å². The van der Waals surface area contributed by atoms with Crippen molar-refractivity contribution in [1.29, 1.82) is 0 Å². The number of para-hydroxylation sites is 1. The minimum absolute atomic E-state index is 0.251. The maximum atomic E-state index is 12.6. The van der Waals surface area contributed by atoms with Gasteiger partial charge in [-0.3, -0.25) is 4.79 Å². The number of carbonyl (C=O) groups is 1. The first-order chi connectivity index (χ1) is 14.0. The summed E-state index contributed by atoms with van der Waals surface area (Å²) >= 11 is 12.4. The van der Waals surface area contributed by atoms with E-state index in [1.807, 2.05) is 19.1 Å². The van der Waals surface area contributed by atoms with Crippen LogP contribution in [0.2, 0.25) is 10.0 Å². The number of hydrogen-bond acceptors (Lipinski definition) is 4. The fourth-order valence-electron chi connectivity index (χ4n) is 2.89. The van der Waals surface area contributed by atoms with Crippen molar-refractivity contribution in [3.8, 4) is 0 Å². The first kappa shape index (κ1) is 19.2.